The Kier molecular flexibility index (Phi) is 6.09. The van der Waals surface area contributed by atoms with Crippen LogP contribution in [0, 0.1) is 0 Å². The lowest BCUT2D eigenvalue weighted by Crippen LogP contribution is -2.51. The van der Waals surface area contributed by atoms with Crippen molar-refractivity contribution in [3.63, 3.8) is 0 Å². The van der Waals surface area contributed by atoms with Crippen molar-refractivity contribution in [2.75, 3.05) is 0 Å². The summed E-state index contributed by atoms with van der Waals surface area (Å²) in [4.78, 5) is 0. The van der Waals surface area contributed by atoms with Gasteiger partial charge in [-0.1, -0.05) is 0 Å². The van der Waals surface area contributed by atoms with Crippen LogP contribution in [0.15, 0.2) is 0 Å². The molecule has 0 unspecified atom stereocenters. The predicted octanol–water partition coefficient (Wildman–Crippen LogP) is 3.46. The van der Waals surface area contributed by atoms with Crippen LogP contribution in [-0.4, -0.2) is 50.9 Å². The van der Waals surface area contributed by atoms with E-state index in [9.17, 15) is 52.7 Å². The molecule has 0 saturated carbocycles. The standard InChI is InChI=1S/C7H3BF12O2/c8-3(21-1(4(9,10)11)5(12,13)14)22-2(6(15,16)17)7(18,19)20/h1-3H. The molecule has 130 valence electrons. The molecule has 0 aliphatic heterocycles. The summed E-state index contributed by atoms with van der Waals surface area (Å²) >= 11 is 0. The molecular weight excluding hydrogens is 355 g/mol. The molecule has 2 radical (unpaired) electrons. The molecule has 15 heteroatoms. The molecule has 0 spiro atoms. The van der Waals surface area contributed by atoms with E-state index in [1.807, 2.05) is 0 Å². The van der Waals surface area contributed by atoms with Gasteiger partial charge in [0.1, 0.15) is 14.0 Å². The summed E-state index contributed by atoms with van der Waals surface area (Å²) in [5, 5.41) is 0. The first-order valence-electron chi connectivity index (χ1n) is 4.70. The Morgan fingerprint density at radius 1 is 0.500 bits per heavy atom. The van der Waals surface area contributed by atoms with Gasteiger partial charge in [-0.05, 0) is 0 Å². The fourth-order valence-electron chi connectivity index (χ4n) is 0.980. The van der Waals surface area contributed by atoms with Gasteiger partial charge < -0.3 is 9.47 Å². The zero-order valence-corrected chi connectivity index (χ0v) is 9.66. The molecule has 0 saturated heterocycles. The maximum Gasteiger partial charge on any atom is 0.423 e. The SMILES string of the molecule is [B]C(OC(C(F)(F)F)C(F)(F)F)OC(C(F)(F)F)C(F)(F)F. The third kappa shape index (κ3) is 6.50. The number of halogens is 12. The second kappa shape index (κ2) is 6.33. The van der Waals surface area contributed by atoms with Crippen molar-refractivity contribution in [1.82, 2.24) is 0 Å². The lowest BCUT2D eigenvalue weighted by Gasteiger charge is -2.30. The van der Waals surface area contributed by atoms with Crippen molar-refractivity contribution in [3.8, 4) is 0 Å². The molecule has 2 nitrogen and oxygen atoms in total. The van der Waals surface area contributed by atoms with Gasteiger partial charge in [0, 0.05) is 0 Å². The zero-order valence-electron chi connectivity index (χ0n) is 9.66. The summed E-state index contributed by atoms with van der Waals surface area (Å²) in [7, 11) is 4.22. The zero-order chi connectivity index (χ0) is 18.1. The summed E-state index contributed by atoms with van der Waals surface area (Å²) in [6.45, 7) is 0. The van der Waals surface area contributed by atoms with Crippen molar-refractivity contribution in [1.29, 1.82) is 0 Å². The average molecular weight is 358 g/mol. The van der Waals surface area contributed by atoms with Gasteiger partial charge in [-0.15, -0.1) is 0 Å². The number of rotatable bonds is 4. The summed E-state index contributed by atoms with van der Waals surface area (Å²) in [6, 6.07) is 0. The van der Waals surface area contributed by atoms with Crippen molar-refractivity contribution in [2.45, 2.75) is 43.1 Å². The number of alkyl halides is 12. The summed E-state index contributed by atoms with van der Waals surface area (Å²) in [5.41, 5.74) is 0. The van der Waals surface area contributed by atoms with E-state index in [1.165, 1.54) is 0 Å². The highest BCUT2D eigenvalue weighted by Gasteiger charge is 2.61. The second-order valence-corrected chi connectivity index (χ2v) is 3.57. The van der Waals surface area contributed by atoms with Gasteiger partial charge in [0.2, 0.25) is 0 Å². The minimum atomic E-state index is -6.19. The minimum absolute atomic E-state index is 2.91. The maximum atomic E-state index is 12.0. The predicted molar refractivity (Wildman–Crippen MR) is 43.5 cm³/mol. The van der Waals surface area contributed by atoms with Crippen molar-refractivity contribution in [2.24, 2.45) is 0 Å². The molecular formula is C7H3BF12O2. The van der Waals surface area contributed by atoms with Crippen LogP contribution in [0.5, 0.6) is 0 Å². The Labute approximate surface area is 114 Å². The first kappa shape index (κ1) is 21.1. The molecule has 22 heavy (non-hydrogen) atoms. The first-order valence-corrected chi connectivity index (χ1v) is 4.70. The van der Waals surface area contributed by atoms with Crippen LogP contribution >= 0.6 is 0 Å². The number of hydrogen-bond donors (Lipinski definition) is 0. The lowest BCUT2D eigenvalue weighted by molar-refractivity contribution is -0.376. The number of hydrogen-bond acceptors (Lipinski definition) is 2. The van der Waals surface area contributed by atoms with Gasteiger partial charge in [0.05, 0.1) is 0 Å². The Balaban J connectivity index is 5.15. The normalized spacial score (nSPS) is 15.2. The van der Waals surface area contributed by atoms with Crippen molar-refractivity contribution in [3.05, 3.63) is 0 Å². The van der Waals surface area contributed by atoms with E-state index in [0.717, 1.165) is 0 Å². The fraction of sp³-hybridized carbons (Fsp3) is 1.00. The fourth-order valence-corrected chi connectivity index (χ4v) is 0.980. The van der Waals surface area contributed by atoms with Crippen LogP contribution in [0.1, 0.15) is 0 Å². The van der Waals surface area contributed by atoms with E-state index in [1.54, 1.807) is 0 Å². The van der Waals surface area contributed by atoms with Crippen molar-refractivity contribution >= 4 is 7.85 Å². The van der Waals surface area contributed by atoms with E-state index in [2.05, 4.69) is 17.3 Å². The smallest absolute Gasteiger partial charge is 0.341 e. The summed E-state index contributed by atoms with van der Waals surface area (Å²) < 4.78 is 150. The van der Waals surface area contributed by atoms with Crippen LogP contribution < -0.4 is 0 Å². The van der Waals surface area contributed by atoms with Gasteiger partial charge in [-0.3, -0.25) is 0 Å². The quantitative estimate of drug-likeness (QED) is 0.436. The van der Waals surface area contributed by atoms with Gasteiger partial charge in [0.25, 0.3) is 12.2 Å². The molecule has 0 rings (SSSR count). The summed E-state index contributed by atoms with van der Waals surface area (Å²) in [6.07, 6.45) is -37.8. The Morgan fingerprint density at radius 3 is 0.818 bits per heavy atom. The highest BCUT2D eigenvalue weighted by Crippen LogP contribution is 2.39. The molecule has 0 aliphatic rings. The molecule has 0 aromatic heterocycles. The van der Waals surface area contributed by atoms with Gasteiger partial charge in [-0.25, -0.2) is 0 Å². The molecule has 0 N–H and O–H groups in total. The van der Waals surface area contributed by atoms with Gasteiger partial charge in [0.15, 0.2) is 0 Å². The molecule has 0 heterocycles. The highest BCUT2D eigenvalue weighted by molar-refractivity contribution is 6.10. The van der Waals surface area contributed by atoms with Crippen LogP contribution in [0.25, 0.3) is 0 Å². The highest BCUT2D eigenvalue weighted by atomic mass is 19.4. The van der Waals surface area contributed by atoms with Crippen LogP contribution in [0.2, 0.25) is 0 Å². The molecule has 0 aromatic rings. The third-order valence-electron chi connectivity index (χ3n) is 1.73. The van der Waals surface area contributed by atoms with E-state index in [4.69, 9.17) is 0 Å². The summed E-state index contributed by atoms with van der Waals surface area (Å²) in [5.74, 6) is 0. The molecule has 0 aliphatic carbocycles. The van der Waals surface area contributed by atoms with Crippen LogP contribution in [0.4, 0.5) is 52.7 Å². The van der Waals surface area contributed by atoms with E-state index < -0.39 is 43.1 Å². The van der Waals surface area contributed by atoms with Crippen molar-refractivity contribution < 1.29 is 62.2 Å². The van der Waals surface area contributed by atoms with Crippen LogP contribution in [-0.2, 0) is 9.47 Å². The Bertz CT molecular complexity index is 292. The Hall–Kier alpha value is -0.855. The lowest BCUT2D eigenvalue weighted by atomic mass is 10.1. The van der Waals surface area contributed by atoms with E-state index >= 15 is 0 Å². The molecule has 0 bridgehead atoms. The largest absolute Gasteiger partial charge is 0.423 e. The maximum absolute atomic E-state index is 12.0. The molecule has 0 amide bonds. The number of ether oxygens (including phenoxy) is 2. The second-order valence-electron chi connectivity index (χ2n) is 3.57. The van der Waals surface area contributed by atoms with Gasteiger partial charge in [-0.2, -0.15) is 52.7 Å². The minimum Gasteiger partial charge on any atom is -0.341 e. The third-order valence-corrected chi connectivity index (χ3v) is 1.73. The topological polar surface area (TPSA) is 18.5 Å². The van der Waals surface area contributed by atoms with Crippen LogP contribution in [0.3, 0.4) is 0 Å². The van der Waals surface area contributed by atoms with E-state index in [-0.39, 0.29) is 0 Å². The Morgan fingerprint density at radius 2 is 0.682 bits per heavy atom. The first-order chi connectivity index (χ1) is 9.37. The van der Waals surface area contributed by atoms with E-state index in [0.29, 0.717) is 0 Å². The monoisotopic (exact) mass is 358 g/mol. The average Bonchev–Trinajstić information content (AvgIpc) is 2.15. The molecule has 0 aromatic carbocycles. The molecule has 0 atom stereocenters. The van der Waals surface area contributed by atoms with Gasteiger partial charge >= 0.3 is 24.7 Å². The molecule has 0 fully saturated rings.